The monoisotopic (exact) mass is 247 g/mol. The van der Waals surface area contributed by atoms with Crippen LogP contribution in [-0.4, -0.2) is 42.4 Å². The van der Waals surface area contributed by atoms with E-state index in [4.69, 9.17) is 4.74 Å². The molecule has 3 nitrogen and oxygen atoms in total. The van der Waals surface area contributed by atoms with Crippen LogP contribution in [0.1, 0.15) is 24.0 Å². The lowest BCUT2D eigenvalue weighted by Crippen LogP contribution is -2.59. The molecule has 0 spiro atoms. The number of aliphatic hydroxyl groups is 1. The molecule has 0 saturated carbocycles. The van der Waals surface area contributed by atoms with Gasteiger partial charge >= 0.3 is 0 Å². The van der Waals surface area contributed by atoms with Gasteiger partial charge in [-0.15, -0.1) is 0 Å². The molecule has 98 valence electrons. The van der Waals surface area contributed by atoms with Crippen molar-refractivity contribution in [2.75, 3.05) is 20.3 Å². The summed E-state index contributed by atoms with van der Waals surface area (Å²) in [4.78, 5) is 2.37. The molecule has 3 heteroatoms. The van der Waals surface area contributed by atoms with Crippen molar-refractivity contribution in [1.82, 2.24) is 4.90 Å². The van der Waals surface area contributed by atoms with Crippen molar-refractivity contribution in [1.29, 1.82) is 0 Å². The molecule has 2 unspecified atom stereocenters. The van der Waals surface area contributed by atoms with Gasteiger partial charge in [-0.1, -0.05) is 24.3 Å². The minimum Gasteiger partial charge on any atom is -0.385 e. The van der Waals surface area contributed by atoms with Crippen molar-refractivity contribution in [3.63, 3.8) is 0 Å². The van der Waals surface area contributed by atoms with E-state index in [0.717, 1.165) is 31.6 Å². The Labute approximate surface area is 108 Å². The summed E-state index contributed by atoms with van der Waals surface area (Å²) in [7, 11) is 2.15. The maximum atomic E-state index is 11.1. The van der Waals surface area contributed by atoms with E-state index >= 15 is 0 Å². The fourth-order valence-corrected chi connectivity index (χ4v) is 3.46. The van der Waals surface area contributed by atoms with Crippen molar-refractivity contribution >= 4 is 0 Å². The Morgan fingerprint density at radius 3 is 2.44 bits per heavy atom. The molecule has 2 aliphatic rings. The minimum atomic E-state index is -0.684. The first-order chi connectivity index (χ1) is 8.60. The van der Waals surface area contributed by atoms with Gasteiger partial charge in [0.2, 0.25) is 0 Å². The van der Waals surface area contributed by atoms with E-state index in [9.17, 15) is 5.11 Å². The number of rotatable bonds is 1. The Hall–Kier alpha value is -0.900. The first kappa shape index (κ1) is 12.2. The molecule has 0 aliphatic carbocycles. The molecule has 2 bridgehead atoms. The first-order valence-electron chi connectivity index (χ1n) is 6.68. The smallest absolute Gasteiger partial charge is 0.0930 e. The number of benzene rings is 1. The molecule has 1 aromatic rings. The number of likely N-dealkylation sites (N-methyl/N-ethyl adjacent to an activating group) is 1. The second-order valence-electron chi connectivity index (χ2n) is 5.77. The highest BCUT2D eigenvalue weighted by atomic mass is 16.5. The summed E-state index contributed by atoms with van der Waals surface area (Å²) >= 11 is 0. The fraction of sp³-hybridized carbons (Fsp3) is 0.600. The van der Waals surface area contributed by atoms with E-state index in [1.807, 2.05) is 12.1 Å². The third-order valence-electron chi connectivity index (χ3n) is 4.57. The SMILES string of the molecule is Cc1ccccc1C1(O)CC2COCC(C1)N2C. The lowest BCUT2D eigenvalue weighted by Gasteiger charge is -2.50. The van der Waals surface area contributed by atoms with Crippen molar-refractivity contribution in [2.24, 2.45) is 0 Å². The van der Waals surface area contributed by atoms with Crippen molar-refractivity contribution in [3.05, 3.63) is 35.4 Å². The van der Waals surface area contributed by atoms with Gasteiger partial charge in [0.05, 0.1) is 18.8 Å². The highest BCUT2D eigenvalue weighted by Gasteiger charge is 2.45. The normalized spacial score (nSPS) is 36.6. The molecule has 0 amide bonds. The van der Waals surface area contributed by atoms with E-state index in [0.29, 0.717) is 12.1 Å². The number of fused-ring (bicyclic) bond motifs is 2. The van der Waals surface area contributed by atoms with Crippen LogP contribution >= 0.6 is 0 Å². The largest absolute Gasteiger partial charge is 0.385 e. The summed E-state index contributed by atoms with van der Waals surface area (Å²) in [6.45, 7) is 3.56. The van der Waals surface area contributed by atoms with E-state index < -0.39 is 5.60 Å². The molecule has 2 heterocycles. The van der Waals surface area contributed by atoms with E-state index in [1.165, 1.54) is 5.56 Å². The quantitative estimate of drug-likeness (QED) is 0.819. The number of nitrogens with zero attached hydrogens (tertiary/aromatic N) is 1. The van der Waals surface area contributed by atoms with Gasteiger partial charge in [-0.2, -0.15) is 0 Å². The molecule has 3 rings (SSSR count). The van der Waals surface area contributed by atoms with Crippen LogP contribution in [-0.2, 0) is 10.3 Å². The van der Waals surface area contributed by atoms with E-state index in [-0.39, 0.29) is 0 Å². The maximum Gasteiger partial charge on any atom is 0.0930 e. The summed E-state index contributed by atoms with van der Waals surface area (Å²) in [5.41, 5.74) is 1.59. The van der Waals surface area contributed by atoms with Gasteiger partial charge in [0.1, 0.15) is 0 Å². The zero-order chi connectivity index (χ0) is 12.8. The van der Waals surface area contributed by atoms with Gasteiger partial charge in [-0.05, 0) is 37.9 Å². The molecule has 1 aromatic carbocycles. The summed E-state index contributed by atoms with van der Waals surface area (Å²) in [6, 6.07) is 8.87. The second kappa shape index (κ2) is 4.34. The minimum absolute atomic E-state index is 0.335. The van der Waals surface area contributed by atoms with Crippen LogP contribution in [0.3, 0.4) is 0 Å². The van der Waals surface area contributed by atoms with Crippen LogP contribution in [0.4, 0.5) is 0 Å². The summed E-state index contributed by atoms with van der Waals surface area (Å²) in [5.74, 6) is 0. The van der Waals surface area contributed by atoms with Gasteiger partial charge in [0, 0.05) is 12.1 Å². The first-order valence-corrected chi connectivity index (χ1v) is 6.68. The number of aryl methyl sites for hydroxylation is 1. The van der Waals surface area contributed by atoms with Gasteiger partial charge in [-0.3, -0.25) is 4.90 Å². The molecule has 2 fully saturated rings. The van der Waals surface area contributed by atoms with Crippen LogP contribution < -0.4 is 0 Å². The Morgan fingerprint density at radius 2 is 1.83 bits per heavy atom. The lowest BCUT2D eigenvalue weighted by atomic mass is 9.76. The van der Waals surface area contributed by atoms with E-state index in [2.05, 4.69) is 31.0 Å². The molecular weight excluding hydrogens is 226 g/mol. The van der Waals surface area contributed by atoms with Crippen molar-refractivity contribution in [3.8, 4) is 0 Å². The van der Waals surface area contributed by atoms with Crippen LogP contribution in [0.5, 0.6) is 0 Å². The van der Waals surface area contributed by atoms with Crippen molar-refractivity contribution < 1.29 is 9.84 Å². The highest BCUT2D eigenvalue weighted by Crippen LogP contribution is 2.41. The zero-order valence-corrected chi connectivity index (χ0v) is 11.1. The molecule has 1 N–H and O–H groups in total. The number of hydrogen-bond donors (Lipinski definition) is 1. The molecule has 0 aromatic heterocycles. The van der Waals surface area contributed by atoms with Crippen LogP contribution in [0, 0.1) is 6.92 Å². The molecule has 0 radical (unpaired) electrons. The number of morpholine rings is 1. The van der Waals surface area contributed by atoms with Gasteiger partial charge in [0.15, 0.2) is 0 Å². The van der Waals surface area contributed by atoms with Crippen LogP contribution in [0.15, 0.2) is 24.3 Å². The van der Waals surface area contributed by atoms with Gasteiger partial charge in [0.25, 0.3) is 0 Å². The Kier molecular flexibility index (Phi) is 2.93. The molecule has 2 atom stereocenters. The molecule has 18 heavy (non-hydrogen) atoms. The number of ether oxygens (including phenoxy) is 1. The van der Waals surface area contributed by atoms with E-state index in [1.54, 1.807) is 0 Å². The summed E-state index contributed by atoms with van der Waals surface area (Å²) < 4.78 is 5.61. The van der Waals surface area contributed by atoms with Gasteiger partial charge in [-0.25, -0.2) is 0 Å². The molecule has 2 aliphatic heterocycles. The van der Waals surface area contributed by atoms with Gasteiger partial charge < -0.3 is 9.84 Å². The summed E-state index contributed by atoms with van der Waals surface area (Å²) in [5, 5.41) is 11.1. The second-order valence-corrected chi connectivity index (χ2v) is 5.77. The number of hydrogen-bond acceptors (Lipinski definition) is 3. The maximum absolute atomic E-state index is 11.1. The average molecular weight is 247 g/mol. The predicted octanol–water partition coefficient (Wildman–Crippen LogP) is 1.68. The molecule has 2 saturated heterocycles. The van der Waals surface area contributed by atoms with Crippen molar-refractivity contribution in [2.45, 2.75) is 37.5 Å². The Bertz CT molecular complexity index is 432. The number of piperidine rings is 1. The highest BCUT2D eigenvalue weighted by molar-refractivity contribution is 5.32. The fourth-order valence-electron chi connectivity index (χ4n) is 3.46. The topological polar surface area (TPSA) is 32.7 Å². The predicted molar refractivity (Wildman–Crippen MR) is 70.5 cm³/mol. The van der Waals surface area contributed by atoms with Crippen LogP contribution in [0.25, 0.3) is 0 Å². The third-order valence-corrected chi connectivity index (χ3v) is 4.57. The standard InChI is InChI=1S/C15H21NO2/c1-11-5-3-4-6-14(11)15(17)7-12-9-18-10-13(8-15)16(12)2/h3-6,12-13,17H,7-10H2,1-2H3. The summed E-state index contributed by atoms with van der Waals surface area (Å²) in [6.07, 6.45) is 1.54. The lowest BCUT2D eigenvalue weighted by molar-refractivity contribution is -0.138. The van der Waals surface area contributed by atoms with Crippen LogP contribution in [0.2, 0.25) is 0 Å². The Balaban J connectivity index is 1.94. The third kappa shape index (κ3) is 1.87. The molecular formula is C15H21NO2. The zero-order valence-electron chi connectivity index (χ0n) is 11.1. The average Bonchev–Trinajstić information content (AvgIpc) is 2.32. The Morgan fingerprint density at radius 1 is 1.22 bits per heavy atom.